The van der Waals surface area contributed by atoms with Crippen LogP contribution in [0, 0.1) is 6.92 Å². The van der Waals surface area contributed by atoms with Gasteiger partial charge in [0.05, 0.1) is 17.0 Å². The van der Waals surface area contributed by atoms with E-state index in [1.807, 2.05) is 19.9 Å². The predicted molar refractivity (Wildman–Crippen MR) is 122 cm³/mol. The molecule has 9 heteroatoms. The first kappa shape index (κ1) is 20.2. The molecular formula is C22H15Cl2N3O3S. The van der Waals surface area contributed by atoms with E-state index in [4.69, 9.17) is 27.6 Å². The van der Waals surface area contributed by atoms with Crippen LogP contribution in [0.4, 0.5) is 5.13 Å². The molecular weight excluding hydrogens is 457 g/mol. The maximum absolute atomic E-state index is 13.6. The second-order valence-electron chi connectivity index (χ2n) is 7.24. The van der Waals surface area contributed by atoms with Gasteiger partial charge in [0.1, 0.15) is 10.6 Å². The van der Waals surface area contributed by atoms with E-state index in [2.05, 4.69) is 10.2 Å². The molecule has 3 heterocycles. The van der Waals surface area contributed by atoms with Crippen molar-refractivity contribution in [2.75, 3.05) is 4.90 Å². The molecule has 5 rings (SSSR count). The van der Waals surface area contributed by atoms with E-state index in [1.165, 1.54) is 16.2 Å². The zero-order valence-electron chi connectivity index (χ0n) is 16.5. The molecule has 1 aliphatic rings. The normalized spacial score (nSPS) is 15.7. The van der Waals surface area contributed by atoms with Crippen molar-refractivity contribution < 1.29 is 9.21 Å². The van der Waals surface area contributed by atoms with Crippen molar-refractivity contribution in [3.63, 3.8) is 0 Å². The highest BCUT2D eigenvalue weighted by atomic mass is 35.5. The average Bonchev–Trinajstić information content (AvgIpc) is 3.32. The number of rotatable bonds is 3. The van der Waals surface area contributed by atoms with Crippen molar-refractivity contribution in [1.29, 1.82) is 0 Å². The van der Waals surface area contributed by atoms with E-state index in [0.29, 0.717) is 38.1 Å². The molecule has 0 fully saturated rings. The minimum Gasteiger partial charge on any atom is -0.450 e. The highest BCUT2D eigenvalue weighted by molar-refractivity contribution is 7.15. The van der Waals surface area contributed by atoms with Crippen LogP contribution in [0.5, 0.6) is 0 Å². The molecule has 1 amide bonds. The molecule has 2 aromatic carbocycles. The Kier molecular flexibility index (Phi) is 4.84. The number of aryl methyl sites for hydroxylation is 2. The average molecular weight is 472 g/mol. The van der Waals surface area contributed by atoms with Crippen LogP contribution in [0.25, 0.3) is 11.0 Å². The fourth-order valence-corrected chi connectivity index (χ4v) is 4.94. The van der Waals surface area contributed by atoms with Crippen molar-refractivity contribution in [3.8, 4) is 0 Å². The third-order valence-electron chi connectivity index (χ3n) is 5.28. The molecule has 0 saturated carbocycles. The van der Waals surface area contributed by atoms with Crippen LogP contribution in [0.2, 0.25) is 10.0 Å². The van der Waals surface area contributed by atoms with Crippen molar-refractivity contribution in [3.05, 3.63) is 84.1 Å². The number of hydrogen-bond donors (Lipinski definition) is 0. The largest absolute Gasteiger partial charge is 0.450 e. The number of aromatic nitrogens is 2. The number of halogens is 2. The van der Waals surface area contributed by atoms with Crippen molar-refractivity contribution in [1.82, 2.24) is 10.2 Å². The summed E-state index contributed by atoms with van der Waals surface area (Å²) in [6.07, 6.45) is 0.688. The van der Waals surface area contributed by atoms with Gasteiger partial charge in [0, 0.05) is 10.0 Å². The van der Waals surface area contributed by atoms with E-state index in [1.54, 1.807) is 30.3 Å². The standard InChI is InChI=1S/C22H15Cl2N3O3S/c1-3-16-25-26-22(31-16)27-18(11-5-4-6-12(23)8-11)17-19(28)13-9-14(24)10(2)7-15(13)30-20(17)21(27)29/h4-9,18H,3H2,1-2H3. The summed E-state index contributed by atoms with van der Waals surface area (Å²) < 4.78 is 5.97. The Morgan fingerprint density at radius 1 is 1.16 bits per heavy atom. The van der Waals surface area contributed by atoms with Crippen LogP contribution in [-0.2, 0) is 6.42 Å². The van der Waals surface area contributed by atoms with Gasteiger partial charge in [-0.1, -0.05) is 53.6 Å². The molecule has 0 saturated heterocycles. The lowest BCUT2D eigenvalue weighted by atomic mass is 9.98. The fourth-order valence-electron chi connectivity index (χ4n) is 3.77. The minimum absolute atomic E-state index is 0.00236. The molecule has 156 valence electrons. The van der Waals surface area contributed by atoms with Crippen LogP contribution in [0.15, 0.2) is 45.6 Å². The number of anilines is 1. The summed E-state index contributed by atoms with van der Waals surface area (Å²) in [6, 6.07) is 9.58. The van der Waals surface area contributed by atoms with E-state index in [9.17, 15) is 9.59 Å². The molecule has 0 bridgehead atoms. The first-order chi connectivity index (χ1) is 14.9. The molecule has 31 heavy (non-hydrogen) atoms. The van der Waals surface area contributed by atoms with E-state index in [0.717, 1.165) is 10.6 Å². The Morgan fingerprint density at radius 3 is 2.68 bits per heavy atom. The van der Waals surface area contributed by atoms with Gasteiger partial charge in [-0.3, -0.25) is 14.5 Å². The molecule has 0 N–H and O–H groups in total. The lowest BCUT2D eigenvalue weighted by molar-refractivity contribution is 0.0970. The summed E-state index contributed by atoms with van der Waals surface area (Å²) in [7, 11) is 0. The second-order valence-corrected chi connectivity index (χ2v) is 9.12. The van der Waals surface area contributed by atoms with Crippen molar-refractivity contribution in [2.45, 2.75) is 26.3 Å². The summed E-state index contributed by atoms with van der Waals surface area (Å²) >= 11 is 13.8. The first-order valence-corrected chi connectivity index (χ1v) is 11.1. The smallest absolute Gasteiger partial charge is 0.297 e. The fraction of sp³-hybridized carbons (Fsp3) is 0.182. The Hall–Kier alpha value is -2.74. The summed E-state index contributed by atoms with van der Waals surface area (Å²) in [5, 5.41) is 10.8. The Bertz CT molecular complexity index is 1430. The van der Waals surface area contributed by atoms with Gasteiger partial charge in [-0.05, 0) is 48.7 Å². The monoisotopic (exact) mass is 471 g/mol. The summed E-state index contributed by atoms with van der Waals surface area (Å²) in [5.74, 6) is -0.442. The zero-order chi connectivity index (χ0) is 21.9. The molecule has 0 aliphatic carbocycles. The van der Waals surface area contributed by atoms with E-state index < -0.39 is 11.9 Å². The summed E-state index contributed by atoms with van der Waals surface area (Å²) in [6.45, 7) is 3.77. The molecule has 1 atom stereocenters. The number of nitrogens with zero attached hydrogens (tertiary/aromatic N) is 3. The number of hydrogen-bond acceptors (Lipinski definition) is 6. The van der Waals surface area contributed by atoms with Gasteiger partial charge in [0.2, 0.25) is 10.9 Å². The van der Waals surface area contributed by atoms with Gasteiger partial charge < -0.3 is 4.42 Å². The summed E-state index contributed by atoms with van der Waals surface area (Å²) in [5.41, 5.74) is 1.68. The number of amides is 1. The maximum atomic E-state index is 13.6. The zero-order valence-corrected chi connectivity index (χ0v) is 18.8. The predicted octanol–water partition coefficient (Wildman–Crippen LogP) is 5.57. The molecule has 1 unspecified atom stereocenters. The lowest BCUT2D eigenvalue weighted by Crippen LogP contribution is -2.29. The highest BCUT2D eigenvalue weighted by Crippen LogP contribution is 2.42. The molecule has 6 nitrogen and oxygen atoms in total. The van der Waals surface area contributed by atoms with Crippen LogP contribution < -0.4 is 10.3 Å². The second kappa shape index (κ2) is 7.44. The first-order valence-electron chi connectivity index (χ1n) is 9.57. The SMILES string of the molecule is CCc1nnc(N2C(=O)c3oc4cc(C)c(Cl)cc4c(=O)c3C2c2cccc(Cl)c2)s1. The maximum Gasteiger partial charge on any atom is 0.297 e. The van der Waals surface area contributed by atoms with E-state index in [-0.39, 0.29) is 16.8 Å². The molecule has 0 spiro atoms. The van der Waals surface area contributed by atoms with Crippen molar-refractivity contribution >= 4 is 56.5 Å². The number of carbonyl (C=O) groups is 1. The van der Waals surface area contributed by atoms with Gasteiger partial charge in [0.25, 0.3) is 5.91 Å². The van der Waals surface area contributed by atoms with Gasteiger partial charge >= 0.3 is 0 Å². The van der Waals surface area contributed by atoms with Crippen LogP contribution >= 0.6 is 34.5 Å². The molecule has 0 radical (unpaired) electrons. The minimum atomic E-state index is -0.736. The number of fused-ring (bicyclic) bond motifs is 2. The number of carbonyl (C=O) groups excluding carboxylic acids is 1. The molecule has 2 aromatic heterocycles. The van der Waals surface area contributed by atoms with Gasteiger partial charge in [-0.25, -0.2) is 0 Å². The lowest BCUT2D eigenvalue weighted by Gasteiger charge is -2.22. The molecule has 1 aliphatic heterocycles. The summed E-state index contributed by atoms with van der Waals surface area (Å²) in [4.78, 5) is 28.5. The van der Waals surface area contributed by atoms with Crippen LogP contribution in [0.3, 0.4) is 0 Å². The third kappa shape index (κ3) is 3.15. The topological polar surface area (TPSA) is 76.3 Å². The van der Waals surface area contributed by atoms with Crippen molar-refractivity contribution in [2.24, 2.45) is 0 Å². The Labute approximate surface area is 191 Å². The van der Waals surface area contributed by atoms with Gasteiger partial charge in [0.15, 0.2) is 5.43 Å². The third-order valence-corrected chi connectivity index (χ3v) is 6.99. The highest BCUT2D eigenvalue weighted by Gasteiger charge is 2.45. The van der Waals surface area contributed by atoms with Gasteiger partial charge in [-0.15, -0.1) is 10.2 Å². The Morgan fingerprint density at radius 2 is 1.97 bits per heavy atom. The van der Waals surface area contributed by atoms with Gasteiger partial charge in [-0.2, -0.15) is 0 Å². The quantitative estimate of drug-likeness (QED) is 0.390. The number of benzene rings is 2. The van der Waals surface area contributed by atoms with Crippen LogP contribution in [0.1, 0.15) is 45.2 Å². The molecule has 4 aromatic rings. The van der Waals surface area contributed by atoms with Crippen LogP contribution in [-0.4, -0.2) is 16.1 Å². The van der Waals surface area contributed by atoms with E-state index >= 15 is 0 Å². The Balaban J connectivity index is 1.82.